The zero-order chi connectivity index (χ0) is 14.7. The van der Waals surface area contributed by atoms with E-state index in [1.807, 2.05) is 18.2 Å². The van der Waals surface area contributed by atoms with Crippen LogP contribution in [0.5, 0.6) is 0 Å². The van der Waals surface area contributed by atoms with Crippen LogP contribution in [0.2, 0.25) is 0 Å². The Morgan fingerprint density at radius 2 is 2.29 bits per heavy atom. The van der Waals surface area contributed by atoms with Crippen molar-refractivity contribution in [2.24, 2.45) is 5.92 Å². The predicted octanol–water partition coefficient (Wildman–Crippen LogP) is 3.02. The lowest BCUT2D eigenvalue weighted by Crippen LogP contribution is -2.14. The summed E-state index contributed by atoms with van der Waals surface area (Å²) in [4.78, 5) is 16.1. The summed E-state index contributed by atoms with van der Waals surface area (Å²) in [7, 11) is 0. The van der Waals surface area contributed by atoms with Crippen LogP contribution in [0.3, 0.4) is 0 Å². The van der Waals surface area contributed by atoms with Gasteiger partial charge in [-0.1, -0.05) is 30.7 Å². The van der Waals surface area contributed by atoms with Crippen molar-refractivity contribution in [1.82, 2.24) is 15.2 Å². The van der Waals surface area contributed by atoms with E-state index in [9.17, 15) is 4.79 Å². The molecule has 1 amide bonds. The maximum Gasteiger partial charge on any atom is 0.232 e. The SMILES string of the molecule is CC1CCC(c2nnc(NC(=O)Cc3ccccn3)s2)C1. The molecular formula is C15H18N4OS. The summed E-state index contributed by atoms with van der Waals surface area (Å²) in [5.41, 5.74) is 0.754. The summed E-state index contributed by atoms with van der Waals surface area (Å²) < 4.78 is 0. The van der Waals surface area contributed by atoms with E-state index in [-0.39, 0.29) is 12.3 Å². The van der Waals surface area contributed by atoms with Gasteiger partial charge in [-0.05, 0) is 30.9 Å². The Kier molecular flexibility index (Phi) is 4.24. The van der Waals surface area contributed by atoms with Gasteiger partial charge in [0.2, 0.25) is 11.0 Å². The molecule has 1 aliphatic carbocycles. The van der Waals surface area contributed by atoms with Crippen molar-refractivity contribution in [3.05, 3.63) is 35.1 Å². The number of nitrogens with zero attached hydrogens (tertiary/aromatic N) is 3. The molecule has 0 bridgehead atoms. The van der Waals surface area contributed by atoms with Crippen LogP contribution in [0.1, 0.15) is 42.8 Å². The lowest BCUT2D eigenvalue weighted by molar-refractivity contribution is -0.115. The van der Waals surface area contributed by atoms with Crippen molar-refractivity contribution in [2.45, 2.75) is 38.5 Å². The highest BCUT2D eigenvalue weighted by Gasteiger charge is 2.26. The first-order chi connectivity index (χ1) is 10.2. The van der Waals surface area contributed by atoms with E-state index < -0.39 is 0 Å². The van der Waals surface area contributed by atoms with Gasteiger partial charge in [-0.3, -0.25) is 9.78 Å². The zero-order valence-electron chi connectivity index (χ0n) is 12.0. The molecule has 0 radical (unpaired) electrons. The number of hydrogen-bond acceptors (Lipinski definition) is 5. The molecule has 110 valence electrons. The summed E-state index contributed by atoms with van der Waals surface area (Å²) in [6.45, 7) is 2.27. The summed E-state index contributed by atoms with van der Waals surface area (Å²) in [5, 5.41) is 12.8. The number of anilines is 1. The number of carbonyl (C=O) groups excluding carboxylic acids is 1. The fraction of sp³-hybridized carbons (Fsp3) is 0.467. The Labute approximate surface area is 127 Å². The van der Waals surface area contributed by atoms with Gasteiger partial charge in [0.05, 0.1) is 6.42 Å². The van der Waals surface area contributed by atoms with E-state index in [0.29, 0.717) is 11.0 Å². The largest absolute Gasteiger partial charge is 0.300 e. The molecular weight excluding hydrogens is 284 g/mol. The van der Waals surface area contributed by atoms with Gasteiger partial charge >= 0.3 is 0 Å². The highest BCUT2D eigenvalue weighted by molar-refractivity contribution is 7.15. The number of amides is 1. The first kappa shape index (κ1) is 14.1. The average molecular weight is 302 g/mol. The number of nitrogens with one attached hydrogen (secondary N) is 1. The van der Waals surface area contributed by atoms with Gasteiger partial charge < -0.3 is 5.32 Å². The monoisotopic (exact) mass is 302 g/mol. The summed E-state index contributed by atoms with van der Waals surface area (Å²) in [6.07, 6.45) is 5.56. The Balaban J connectivity index is 1.58. The molecule has 2 atom stereocenters. The molecule has 0 aromatic carbocycles. The van der Waals surface area contributed by atoms with Crippen LogP contribution in [-0.4, -0.2) is 21.1 Å². The molecule has 5 nitrogen and oxygen atoms in total. The first-order valence-corrected chi connectivity index (χ1v) is 8.05. The standard InChI is InChI=1S/C15H18N4OS/c1-10-5-6-11(8-10)14-18-19-15(21-14)17-13(20)9-12-4-2-3-7-16-12/h2-4,7,10-11H,5-6,8-9H2,1H3,(H,17,19,20). The van der Waals surface area contributed by atoms with Crippen LogP contribution < -0.4 is 5.32 Å². The van der Waals surface area contributed by atoms with Gasteiger partial charge in [-0.2, -0.15) is 0 Å². The number of aromatic nitrogens is 3. The molecule has 2 unspecified atom stereocenters. The number of carbonyl (C=O) groups is 1. The molecule has 0 spiro atoms. The molecule has 2 heterocycles. The predicted molar refractivity (Wildman–Crippen MR) is 82.2 cm³/mol. The third kappa shape index (κ3) is 3.64. The molecule has 21 heavy (non-hydrogen) atoms. The topological polar surface area (TPSA) is 67.8 Å². The number of hydrogen-bond donors (Lipinski definition) is 1. The second kappa shape index (κ2) is 6.30. The molecule has 3 rings (SSSR count). The fourth-order valence-electron chi connectivity index (χ4n) is 2.71. The van der Waals surface area contributed by atoms with E-state index in [2.05, 4.69) is 27.4 Å². The lowest BCUT2D eigenvalue weighted by Gasteiger charge is -2.03. The van der Waals surface area contributed by atoms with Gasteiger partial charge in [-0.25, -0.2) is 0 Å². The van der Waals surface area contributed by atoms with Crippen molar-refractivity contribution in [1.29, 1.82) is 0 Å². The van der Waals surface area contributed by atoms with Gasteiger partial charge in [-0.15, -0.1) is 10.2 Å². The minimum absolute atomic E-state index is 0.101. The Bertz CT molecular complexity index is 613. The highest BCUT2D eigenvalue weighted by Crippen LogP contribution is 2.39. The Morgan fingerprint density at radius 1 is 1.38 bits per heavy atom. The maximum absolute atomic E-state index is 12.0. The number of rotatable bonds is 4. The highest BCUT2D eigenvalue weighted by atomic mass is 32.1. The van der Waals surface area contributed by atoms with Crippen molar-refractivity contribution < 1.29 is 4.79 Å². The number of pyridine rings is 1. The van der Waals surface area contributed by atoms with Gasteiger partial charge in [0.15, 0.2) is 0 Å². The summed E-state index contributed by atoms with van der Waals surface area (Å²) in [6, 6.07) is 5.55. The second-order valence-electron chi connectivity index (χ2n) is 5.61. The van der Waals surface area contributed by atoms with Crippen LogP contribution in [0.15, 0.2) is 24.4 Å². The van der Waals surface area contributed by atoms with E-state index >= 15 is 0 Å². The Morgan fingerprint density at radius 3 is 3.00 bits per heavy atom. The molecule has 0 saturated heterocycles. The fourth-order valence-corrected chi connectivity index (χ4v) is 3.62. The van der Waals surface area contributed by atoms with Crippen molar-refractivity contribution in [2.75, 3.05) is 5.32 Å². The van der Waals surface area contributed by atoms with Gasteiger partial charge in [0.25, 0.3) is 0 Å². The molecule has 0 aliphatic heterocycles. The third-order valence-corrected chi connectivity index (χ3v) is 4.80. The van der Waals surface area contributed by atoms with Crippen molar-refractivity contribution in [3.8, 4) is 0 Å². The molecule has 1 N–H and O–H groups in total. The molecule has 1 saturated carbocycles. The van der Waals surface area contributed by atoms with Crippen LogP contribution in [0.25, 0.3) is 0 Å². The van der Waals surface area contributed by atoms with E-state index in [0.717, 1.165) is 16.6 Å². The lowest BCUT2D eigenvalue weighted by atomic mass is 10.1. The van der Waals surface area contributed by atoms with Crippen LogP contribution >= 0.6 is 11.3 Å². The smallest absolute Gasteiger partial charge is 0.232 e. The average Bonchev–Trinajstić information content (AvgIpc) is 3.09. The first-order valence-electron chi connectivity index (χ1n) is 7.24. The van der Waals surface area contributed by atoms with Crippen LogP contribution in [-0.2, 0) is 11.2 Å². The minimum atomic E-state index is -0.101. The summed E-state index contributed by atoms with van der Waals surface area (Å²) in [5.74, 6) is 1.18. The van der Waals surface area contributed by atoms with Crippen molar-refractivity contribution >= 4 is 22.4 Å². The summed E-state index contributed by atoms with van der Waals surface area (Å²) >= 11 is 1.50. The molecule has 1 fully saturated rings. The maximum atomic E-state index is 12.0. The van der Waals surface area contributed by atoms with Crippen LogP contribution in [0.4, 0.5) is 5.13 Å². The van der Waals surface area contributed by atoms with E-state index in [1.54, 1.807) is 6.20 Å². The van der Waals surface area contributed by atoms with Gasteiger partial charge in [0.1, 0.15) is 5.01 Å². The quantitative estimate of drug-likeness (QED) is 0.942. The zero-order valence-corrected chi connectivity index (χ0v) is 12.8. The molecule has 6 heteroatoms. The second-order valence-corrected chi connectivity index (χ2v) is 6.62. The van der Waals surface area contributed by atoms with Gasteiger partial charge in [0, 0.05) is 17.8 Å². The van der Waals surface area contributed by atoms with Crippen LogP contribution in [0, 0.1) is 5.92 Å². The normalized spacial score (nSPS) is 21.4. The molecule has 2 aromatic heterocycles. The Hall–Kier alpha value is -1.82. The van der Waals surface area contributed by atoms with E-state index in [1.165, 1.54) is 30.6 Å². The minimum Gasteiger partial charge on any atom is -0.300 e. The molecule has 1 aliphatic rings. The van der Waals surface area contributed by atoms with Crippen molar-refractivity contribution in [3.63, 3.8) is 0 Å². The molecule has 2 aromatic rings. The third-order valence-electron chi connectivity index (χ3n) is 3.80. The van der Waals surface area contributed by atoms with E-state index in [4.69, 9.17) is 0 Å².